The Labute approximate surface area is 295 Å². The molecule has 4 heterocycles. The standard InChI is InChI=1S/C49H27NO2/c1-26-22-40-35-15-7-9-17-43(35)52-49(40)47-44(26)41-25-28(27-18-19-33-31-12-3-2-10-29(31)30-11-4-5-13-32(30)38(33)23-27)24-39-36-20-21-37-34-14-6-8-16-42(34)51-48(37)46(36)50(47)45(39)41/h2-25H,1H3. The van der Waals surface area contributed by atoms with E-state index in [2.05, 4.69) is 151 Å². The lowest BCUT2D eigenvalue weighted by molar-refractivity contribution is 0.670. The van der Waals surface area contributed by atoms with Crippen LogP contribution in [0.15, 0.2) is 154 Å². The van der Waals surface area contributed by atoms with E-state index >= 15 is 0 Å². The maximum Gasteiger partial charge on any atom is 0.160 e. The van der Waals surface area contributed by atoms with Gasteiger partial charge in [-0.3, -0.25) is 0 Å². The minimum atomic E-state index is 0.899. The van der Waals surface area contributed by atoms with Crippen molar-refractivity contribution in [2.45, 2.75) is 6.92 Å². The van der Waals surface area contributed by atoms with Crippen molar-refractivity contribution in [2.75, 3.05) is 0 Å². The highest BCUT2D eigenvalue weighted by molar-refractivity contribution is 6.33. The first-order valence-corrected chi connectivity index (χ1v) is 17.9. The van der Waals surface area contributed by atoms with Crippen LogP contribution in [0.5, 0.6) is 0 Å². The minimum Gasteiger partial charge on any atom is -0.454 e. The smallest absolute Gasteiger partial charge is 0.160 e. The first kappa shape index (κ1) is 27.0. The molecule has 9 aromatic carbocycles. The lowest BCUT2D eigenvalue weighted by Crippen LogP contribution is -1.85. The van der Waals surface area contributed by atoms with Crippen LogP contribution < -0.4 is 0 Å². The van der Waals surface area contributed by atoms with Crippen LogP contribution in [0.1, 0.15) is 5.56 Å². The fourth-order valence-electron chi connectivity index (χ4n) is 9.60. The molecular formula is C49H27NO2. The van der Waals surface area contributed by atoms with E-state index in [4.69, 9.17) is 8.83 Å². The Morgan fingerprint density at radius 3 is 1.54 bits per heavy atom. The lowest BCUT2D eigenvalue weighted by atomic mass is 9.91. The zero-order valence-corrected chi connectivity index (χ0v) is 28.1. The summed E-state index contributed by atoms with van der Waals surface area (Å²) in [5.74, 6) is 0. The predicted molar refractivity (Wildman–Crippen MR) is 218 cm³/mol. The highest BCUT2D eigenvalue weighted by Gasteiger charge is 2.26. The van der Waals surface area contributed by atoms with E-state index in [9.17, 15) is 0 Å². The minimum absolute atomic E-state index is 0.899. The molecule has 0 saturated carbocycles. The van der Waals surface area contributed by atoms with E-state index < -0.39 is 0 Å². The molecule has 13 rings (SSSR count). The summed E-state index contributed by atoms with van der Waals surface area (Å²) in [6.45, 7) is 2.25. The molecule has 13 aromatic rings. The molecule has 52 heavy (non-hydrogen) atoms. The quantitative estimate of drug-likeness (QED) is 0.164. The first-order valence-electron chi connectivity index (χ1n) is 17.9. The van der Waals surface area contributed by atoms with Crippen molar-refractivity contribution in [3.05, 3.63) is 151 Å². The molecule has 0 atom stereocenters. The van der Waals surface area contributed by atoms with E-state index in [1.54, 1.807) is 0 Å². The molecule has 0 N–H and O–H groups in total. The second-order valence-electron chi connectivity index (χ2n) is 14.4. The van der Waals surface area contributed by atoms with Gasteiger partial charge in [-0.05, 0) is 98.4 Å². The lowest BCUT2D eigenvalue weighted by Gasteiger charge is -2.12. The molecule has 4 aromatic heterocycles. The van der Waals surface area contributed by atoms with Gasteiger partial charge in [0.1, 0.15) is 11.2 Å². The van der Waals surface area contributed by atoms with Crippen LogP contribution in [0, 0.1) is 6.92 Å². The topological polar surface area (TPSA) is 30.7 Å². The number of aryl methyl sites for hydroxylation is 1. The third-order valence-electron chi connectivity index (χ3n) is 11.8. The monoisotopic (exact) mass is 661 g/mol. The molecule has 240 valence electrons. The van der Waals surface area contributed by atoms with Crippen molar-refractivity contribution >= 4 is 114 Å². The highest BCUT2D eigenvalue weighted by Crippen LogP contribution is 2.49. The van der Waals surface area contributed by atoms with Crippen LogP contribution in [0.2, 0.25) is 0 Å². The van der Waals surface area contributed by atoms with Gasteiger partial charge in [0.25, 0.3) is 0 Å². The van der Waals surface area contributed by atoms with Crippen LogP contribution >= 0.6 is 0 Å². The van der Waals surface area contributed by atoms with Gasteiger partial charge in [-0.1, -0.05) is 103 Å². The van der Waals surface area contributed by atoms with Crippen LogP contribution in [0.4, 0.5) is 0 Å². The van der Waals surface area contributed by atoms with E-state index in [0.29, 0.717) is 0 Å². The Morgan fingerprint density at radius 1 is 0.346 bits per heavy atom. The van der Waals surface area contributed by atoms with Gasteiger partial charge < -0.3 is 13.2 Å². The Bertz CT molecular complexity index is 3670. The van der Waals surface area contributed by atoms with Gasteiger partial charge >= 0.3 is 0 Å². The van der Waals surface area contributed by atoms with Crippen LogP contribution in [0.3, 0.4) is 0 Å². The number of nitrogens with zero attached hydrogens (tertiary/aromatic N) is 1. The molecule has 3 nitrogen and oxygen atoms in total. The molecule has 0 aliphatic carbocycles. The zero-order valence-electron chi connectivity index (χ0n) is 28.1. The van der Waals surface area contributed by atoms with Crippen molar-refractivity contribution < 1.29 is 8.83 Å². The van der Waals surface area contributed by atoms with Gasteiger partial charge in [-0.15, -0.1) is 0 Å². The number of aromatic nitrogens is 1. The van der Waals surface area contributed by atoms with Crippen molar-refractivity contribution in [3.63, 3.8) is 0 Å². The van der Waals surface area contributed by atoms with Crippen LogP contribution in [0.25, 0.3) is 125 Å². The number of hydrogen-bond acceptors (Lipinski definition) is 2. The Morgan fingerprint density at radius 2 is 0.846 bits per heavy atom. The molecule has 0 saturated heterocycles. The fourth-order valence-corrected chi connectivity index (χ4v) is 9.60. The second-order valence-corrected chi connectivity index (χ2v) is 14.4. The molecule has 0 radical (unpaired) electrons. The summed E-state index contributed by atoms with van der Waals surface area (Å²) >= 11 is 0. The summed E-state index contributed by atoms with van der Waals surface area (Å²) in [6.07, 6.45) is 0. The molecular weight excluding hydrogens is 635 g/mol. The van der Waals surface area contributed by atoms with E-state index in [-0.39, 0.29) is 0 Å². The van der Waals surface area contributed by atoms with Crippen LogP contribution in [-0.2, 0) is 0 Å². The maximum atomic E-state index is 6.79. The van der Waals surface area contributed by atoms with Gasteiger partial charge in [-0.25, -0.2) is 0 Å². The van der Waals surface area contributed by atoms with Crippen LogP contribution in [-0.4, -0.2) is 4.40 Å². The van der Waals surface area contributed by atoms with Crippen molar-refractivity contribution in [1.29, 1.82) is 0 Å². The van der Waals surface area contributed by atoms with Crippen molar-refractivity contribution in [3.8, 4) is 11.1 Å². The van der Waals surface area contributed by atoms with E-state index in [0.717, 1.165) is 54.9 Å². The largest absolute Gasteiger partial charge is 0.454 e. The predicted octanol–water partition coefficient (Wildman–Crippen LogP) is 14.1. The number of fused-ring (bicyclic) bond motifs is 20. The summed E-state index contributed by atoms with van der Waals surface area (Å²) in [5.41, 5.74) is 10.6. The number of benzene rings is 9. The highest BCUT2D eigenvalue weighted by atomic mass is 16.3. The number of hydrogen-bond donors (Lipinski definition) is 0. The molecule has 0 bridgehead atoms. The summed E-state index contributed by atoms with van der Waals surface area (Å²) in [7, 11) is 0. The van der Waals surface area contributed by atoms with Gasteiger partial charge in [0.15, 0.2) is 11.2 Å². The summed E-state index contributed by atoms with van der Waals surface area (Å²) in [5, 5.41) is 17.1. The summed E-state index contributed by atoms with van der Waals surface area (Å²) < 4.78 is 16.0. The maximum absolute atomic E-state index is 6.79. The van der Waals surface area contributed by atoms with Gasteiger partial charge in [0.2, 0.25) is 0 Å². The fraction of sp³-hybridized carbons (Fsp3) is 0.0204. The third-order valence-corrected chi connectivity index (χ3v) is 11.8. The summed E-state index contributed by atoms with van der Waals surface area (Å²) in [4.78, 5) is 0. The number of rotatable bonds is 1. The Hall–Kier alpha value is -6.84. The number of para-hydroxylation sites is 2. The molecule has 0 amide bonds. The zero-order chi connectivity index (χ0) is 33.8. The van der Waals surface area contributed by atoms with Crippen molar-refractivity contribution in [1.82, 2.24) is 4.40 Å². The summed E-state index contributed by atoms with van der Waals surface area (Å²) in [6, 6.07) is 53.0. The molecule has 0 spiro atoms. The van der Waals surface area contributed by atoms with E-state index in [1.165, 1.54) is 76.1 Å². The molecule has 0 unspecified atom stereocenters. The normalized spacial score (nSPS) is 12.7. The Balaban J connectivity index is 1.23. The third kappa shape index (κ3) is 3.19. The molecule has 0 aliphatic heterocycles. The van der Waals surface area contributed by atoms with Gasteiger partial charge in [0.05, 0.1) is 16.6 Å². The molecule has 0 fully saturated rings. The second kappa shape index (κ2) is 9.28. The number of furan rings is 2. The van der Waals surface area contributed by atoms with Gasteiger partial charge in [0, 0.05) is 43.1 Å². The molecule has 3 heteroatoms. The molecule has 0 aliphatic rings. The average Bonchev–Trinajstić information content (AvgIpc) is 3.94. The van der Waals surface area contributed by atoms with Crippen molar-refractivity contribution in [2.24, 2.45) is 0 Å². The SMILES string of the molecule is Cc1cc2c3ccccc3oc2c2c1c1cc(-c3ccc4c5ccccc5c5ccccc5c4c3)cc3c4ccc5c6ccccc6oc5c4n2c31. The first-order chi connectivity index (χ1) is 25.7. The van der Waals surface area contributed by atoms with Gasteiger partial charge in [-0.2, -0.15) is 0 Å². The average molecular weight is 662 g/mol. The van der Waals surface area contributed by atoms with E-state index in [1.807, 2.05) is 6.07 Å². The Kier molecular flexibility index (Phi) is 4.81.